The fraction of sp³-hybridized carbons (Fsp3) is 0.364. The van der Waals surface area contributed by atoms with Crippen LogP contribution in [0.4, 0.5) is 0 Å². The number of carboxylic acid groups (broad SMARTS) is 1. The Kier molecular flexibility index (Phi) is 3.71. The Morgan fingerprint density at radius 3 is 3.00 bits per heavy atom. The fourth-order valence-corrected chi connectivity index (χ4v) is 2.82. The average molecular weight is 267 g/mol. The normalized spacial score (nSPS) is 19.6. The van der Waals surface area contributed by atoms with Gasteiger partial charge in [0.1, 0.15) is 6.04 Å². The minimum absolute atomic E-state index is 0.284. The summed E-state index contributed by atoms with van der Waals surface area (Å²) in [5.41, 5.74) is 0.794. The molecule has 18 heavy (non-hydrogen) atoms. The topological polar surface area (TPSA) is 75.4 Å². The Morgan fingerprint density at radius 2 is 2.39 bits per heavy atom. The second-order valence-electron chi connectivity index (χ2n) is 3.87. The van der Waals surface area contributed by atoms with Crippen LogP contribution in [0.3, 0.4) is 0 Å². The maximum atomic E-state index is 11.9. The number of aryl methyl sites for hydroxylation is 1. The van der Waals surface area contributed by atoms with Crippen molar-refractivity contribution in [3.05, 3.63) is 24.0 Å². The van der Waals surface area contributed by atoms with E-state index in [2.05, 4.69) is 5.10 Å². The molecule has 1 saturated heterocycles. The van der Waals surface area contributed by atoms with E-state index in [9.17, 15) is 9.59 Å². The lowest BCUT2D eigenvalue weighted by atomic mass is 10.3. The molecular formula is C11H13N3O3S. The first kappa shape index (κ1) is 12.7. The second-order valence-corrected chi connectivity index (χ2v) is 4.87. The summed E-state index contributed by atoms with van der Waals surface area (Å²) in [5.74, 6) is -0.373. The molecule has 6 nitrogen and oxygen atoms in total. The molecule has 1 amide bonds. The predicted molar refractivity (Wildman–Crippen MR) is 67.8 cm³/mol. The Bertz CT molecular complexity index is 497. The zero-order valence-corrected chi connectivity index (χ0v) is 10.6. The molecule has 1 fully saturated rings. The van der Waals surface area contributed by atoms with E-state index in [1.807, 2.05) is 0 Å². The van der Waals surface area contributed by atoms with Gasteiger partial charge in [0.25, 0.3) is 0 Å². The molecule has 7 heteroatoms. The van der Waals surface area contributed by atoms with E-state index < -0.39 is 12.0 Å². The van der Waals surface area contributed by atoms with E-state index in [1.54, 1.807) is 30.1 Å². The summed E-state index contributed by atoms with van der Waals surface area (Å²) in [4.78, 5) is 24.2. The van der Waals surface area contributed by atoms with Gasteiger partial charge in [0.2, 0.25) is 5.91 Å². The number of carboxylic acids is 1. The number of carbonyl (C=O) groups is 2. The van der Waals surface area contributed by atoms with Crippen LogP contribution in [-0.2, 0) is 16.6 Å². The highest BCUT2D eigenvalue weighted by Crippen LogP contribution is 2.21. The van der Waals surface area contributed by atoms with E-state index in [4.69, 9.17) is 5.11 Å². The number of hydrogen-bond acceptors (Lipinski definition) is 4. The van der Waals surface area contributed by atoms with Crippen molar-refractivity contribution >= 4 is 29.7 Å². The van der Waals surface area contributed by atoms with Crippen molar-refractivity contribution in [2.45, 2.75) is 6.04 Å². The summed E-state index contributed by atoms with van der Waals surface area (Å²) in [6.07, 6.45) is 4.66. The zero-order chi connectivity index (χ0) is 13.1. The lowest BCUT2D eigenvalue weighted by Gasteiger charge is -2.18. The molecule has 0 radical (unpaired) electrons. The minimum Gasteiger partial charge on any atom is -0.480 e. The van der Waals surface area contributed by atoms with Crippen molar-refractivity contribution in [3.63, 3.8) is 0 Å². The van der Waals surface area contributed by atoms with Gasteiger partial charge in [0.15, 0.2) is 0 Å². The van der Waals surface area contributed by atoms with Crippen LogP contribution in [0, 0.1) is 0 Å². The molecule has 0 spiro atoms. The molecule has 1 aliphatic heterocycles. The first-order valence-corrected chi connectivity index (χ1v) is 6.52. The maximum absolute atomic E-state index is 11.9. The molecule has 0 bridgehead atoms. The Balaban J connectivity index is 2.06. The van der Waals surface area contributed by atoms with Gasteiger partial charge >= 0.3 is 5.97 Å². The lowest BCUT2D eigenvalue weighted by Crippen LogP contribution is -2.40. The fourth-order valence-electron chi connectivity index (χ4n) is 1.66. The molecule has 1 atom stereocenters. The molecule has 1 unspecified atom stereocenters. The molecular weight excluding hydrogens is 254 g/mol. The highest BCUT2D eigenvalue weighted by molar-refractivity contribution is 7.99. The van der Waals surface area contributed by atoms with Crippen LogP contribution in [0.1, 0.15) is 5.69 Å². The Hall–Kier alpha value is -1.76. The number of amides is 1. The third kappa shape index (κ3) is 2.56. The number of thioether (sulfide) groups is 1. The first-order chi connectivity index (χ1) is 8.59. The highest BCUT2D eigenvalue weighted by atomic mass is 32.2. The third-order valence-electron chi connectivity index (χ3n) is 2.71. The van der Waals surface area contributed by atoms with Gasteiger partial charge in [-0.25, -0.2) is 4.79 Å². The molecule has 0 aromatic carbocycles. The van der Waals surface area contributed by atoms with E-state index in [0.717, 1.165) is 5.69 Å². The van der Waals surface area contributed by atoms with Crippen molar-refractivity contribution in [2.75, 3.05) is 11.6 Å². The highest BCUT2D eigenvalue weighted by Gasteiger charge is 2.33. The van der Waals surface area contributed by atoms with Crippen LogP contribution in [0.5, 0.6) is 0 Å². The zero-order valence-electron chi connectivity index (χ0n) is 9.81. The number of rotatable bonds is 3. The van der Waals surface area contributed by atoms with Crippen LogP contribution in [0.25, 0.3) is 6.08 Å². The molecule has 1 N–H and O–H groups in total. The first-order valence-electron chi connectivity index (χ1n) is 5.37. The quantitative estimate of drug-likeness (QED) is 0.803. The Labute approximate surface area is 108 Å². The predicted octanol–water partition coefficient (Wildman–Crippen LogP) is 0.419. The molecule has 96 valence electrons. The number of nitrogens with zero attached hydrogens (tertiary/aromatic N) is 3. The second kappa shape index (κ2) is 5.26. The number of aliphatic carboxylic acids is 1. The summed E-state index contributed by atoms with van der Waals surface area (Å²) in [5, 5.41) is 13.0. The van der Waals surface area contributed by atoms with E-state index in [1.165, 1.54) is 22.7 Å². The van der Waals surface area contributed by atoms with Gasteiger partial charge in [-0.05, 0) is 12.1 Å². The lowest BCUT2D eigenvalue weighted by molar-refractivity contribution is -0.146. The van der Waals surface area contributed by atoms with Crippen LogP contribution in [0.2, 0.25) is 0 Å². The maximum Gasteiger partial charge on any atom is 0.327 e. The third-order valence-corrected chi connectivity index (χ3v) is 3.72. The number of aromatic nitrogens is 2. The largest absolute Gasteiger partial charge is 0.480 e. The summed E-state index contributed by atoms with van der Waals surface area (Å²) in [7, 11) is 1.77. The summed E-state index contributed by atoms with van der Waals surface area (Å²) < 4.78 is 1.64. The van der Waals surface area contributed by atoms with Crippen molar-refractivity contribution in [1.82, 2.24) is 14.7 Å². The standard InChI is InChI=1S/C11H13N3O3S/c1-13-8(4-5-12-13)2-3-10(15)14-7-18-6-9(14)11(16)17/h2-5,9H,6-7H2,1H3,(H,16,17)/b3-2+. The molecule has 1 aromatic rings. The van der Waals surface area contributed by atoms with Crippen molar-refractivity contribution in [1.29, 1.82) is 0 Å². The van der Waals surface area contributed by atoms with Gasteiger partial charge in [-0.2, -0.15) is 5.10 Å². The smallest absolute Gasteiger partial charge is 0.327 e. The summed E-state index contributed by atoms with van der Waals surface area (Å²) in [6.45, 7) is 0. The van der Waals surface area contributed by atoms with Crippen molar-refractivity contribution < 1.29 is 14.7 Å². The molecule has 1 aromatic heterocycles. The van der Waals surface area contributed by atoms with Gasteiger partial charge in [-0.1, -0.05) is 0 Å². The van der Waals surface area contributed by atoms with Gasteiger partial charge in [-0.3, -0.25) is 9.48 Å². The molecule has 2 rings (SSSR count). The Morgan fingerprint density at radius 1 is 1.61 bits per heavy atom. The van der Waals surface area contributed by atoms with Crippen LogP contribution in [0.15, 0.2) is 18.3 Å². The van der Waals surface area contributed by atoms with Gasteiger partial charge < -0.3 is 10.0 Å². The van der Waals surface area contributed by atoms with Crippen LogP contribution >= 0.6 is 11.8 Å². The number of hydrogen-bond donors (Lipinski definition) is 1. The van der Waals surface area contributed by atoms with E-state index >= 15 is 0 Å². The van der Waals surface area contributed by atoms with E-state index in [0.29, 0.717) is 11.6 Å². The SMILES string of the molecule is Cn1nccc1/C=C/C(=O)N1CSCC1C(=O)O. The molecule has 0 aliphatic carbocycles. The molecule has 1 aliphatic rings. The van der Waals surface area contributed by atoms with Crippen LogP contribution in [-0.4, -0.2) is 49.3 Å². The van der Waals surface area contributed by atoms with Crippen LogP contribution < -0.4 is 0 Å². The van der Waals surface area contributed by atoms with Gasteiger partial charge in [0.05, 0.1) is 11.6 Å². The monoisotopic (exact) mass is 267 g/mol. The summed E-state index contributed by atoms with van der Waals surface area (Å²) in [6, 6.07) is 1.05. The van der Waals surface area contributed by atoms with E-state index in [-0.39, 0.29) is 5.91 Å². The average Bonchev–Trinajstić information content (AvgIpc) is 2.94. The minimum atomic E-state index is -0.956. The summed E-state index contributed by atoms with van der Waals surface area (Å²) >= 11 is 1.45. The van der Waals surface area contributed by atoms with Gasteiger partial charge in [-0.15, -0.1) is 11.8 Å². The van der Waals surface area contributed by atoms with Crippen molar-refractivity contribution in [2.24, 2.45) is 7.05 Å². The van der Waals surface area contributed by atoms with Crippen molar-refractivity contribution in [3.8, 4) is 0 Å². The molecule has 0 saturated carbocycles. The van der Waals surface area contributed by atoms with Gasteiger partial charge in [0, 0.05) is 25.1 Å². The molecule has 2 heterocycles. The number of carbonyl (C=O) groups excluding carboxylic acids is 1.